The second-order valence-electron chi connectivity index (χ2n) is 7.15. The minimum Gasteiger partial charge on any atom is -0.345 e. The molecule has 0 aromatic heterocycles. The van der Waals surface area contributed by atoms with Crippen molar-refractivity contribution >= 4 is 21.6 Å². The van der Waals surface area contributed by atoms with Crippen LogP contribution in [0.25, 0.3) is 0 Å². The van der Waals surface area contributed by atoms with Gasteiger partial charge in [0.15, 0.2) is 0 Å². The number of carbonyl (C=O) groups excluding carboxylic acids is 1. The van der Waals surface area contributed by atoms with Crippen LogP contribution in [-0.4, -0.2) is 21.4 Å². The lowest BCUT2D eigenvalue weighted by molar-refractivity contribution is 0.0936. The van der Waals surface area contributed by atoms with E-state index in [-0.39, 0.29) is 16.8 Å². The molecule has 0 bridgehead atoms. The molecule has 3 aromatic carbocycles. The average molecular weight is 423 g/mol. The quantitative estimate of drug-likeness (QED) is 0.600. The van der Waals surface area contributed by atoms with E-state index in [0.717, 1.165) is 21.9 Å². The highest BCUT2D eigenvalue weighted by Crippen LogP contribution is 2.27. The number of rotatable bonds is 7. The molecule has 0 fully saturated rings. The number of benzene rings is 3. The van der Waals surface area contributed by atoms with Gasteiger partial charge in [0.25, 0.3) is 15.9 Å². The van der Waals surface area contributed by atoms with Crippen molar-refractivity contribution in [2.45, 2.75) is 31.2 Å². The molecular weight excluding hydrogens is 396 g/mol. The van der Waals surface area contributed by atoms with Crippen LogP contribution < -0.4 is 9.62 Å². The maximum Gasteiger partial charge on any atom is 0.264 e. The van der Waals surface area contributed by atoms with E-state index in [0.29, 0.717) is 11.3 Å². The highest BCUT2D eigenvalue weighted by atomic mass is 32.2. The van der Waals surface area contributed by atoms with Crippen LogP contribution in [0.5, 0.6) is 0 Å². The Bertz CT molecular complexity index is 1110. The molecular formula is C24H26N2O3S. The maximum absolute atomic E-state index is 13.1. The molecule has 0 radical (unpaired) electrons. The Balaban J connectivity index is 1.91. The van der Waals surface area contributed by atoms with Crippen LogP contribution in [0, 0.1) is 6.92 Å². The summed E-state index contributed by atoms with van der Waals surface area (Å²) in [6.07, 6.45) is 0.718. The van der Waals surface area contributed by atoms with Gasteiger partial charge in [-0.2, -0.15) is 0 Å². The Morgan fingerprint density at radius 1 is 0.933 bits per heavy atom. The summed E-state index contributed by atoms with van der Waals surface area (Å²) >= 11 is 0. The average Bonchev–Trinajstić information content (AvgIpc) is 2.77. The Labute approximate surface area is 178 Å². The minimum atomic E-state index is -3.80. The molecule has 1 atom stereocenters. The maximum atomic E-state index is 13.1. The van der Waals surface area contributed by atoms with Gasteiger partial charge in [-0.3, -0.25) is 9.10 Å². The van der Waals surface area contributed by atoms with Gasteiger partial charge in [0.05, 0.1) is 22.2 Å². The molecule has 156 valence electrons. The van der Waals surface area contributed by atoms with Crippen LogP contribution in [0.3, 0.4) is 0 Å². The number of anilines is 1. The van der Waals surface area contributed by atoms with Crippen molar-refractivity contribution in [3.8, 4) is 0 Å². The van der Waals surface area contributed by atoms with Gasteiger partial charge in [-0.15, -0.1) is 0 Å². The number of sulfonamides is 1. The summed E-state index contributed by atoms with van der Waals surface area (Å²) in [6.45, 7) is 3.90. The minimum absolute atomic E-state index is 0.161. The van der Waals surface area contributed by atoms with Crippen molar-refractivity contribution in [3.63, 3.8) is 0 Å². The predicted octanol–water partition coefficient (Wildman–Crippen LogP) is 4.70. The zero-order valence-corrected chi connectivity index (χ0v) is 18.2. The first-order valence-corrected chi connectivity index (χ1v) is 11.3. The number of carbonyl (C=O) groups is 1. The van der Waals surface area contributed by atoms with E-state index in [1.165, 1.54) is 7.05 Å². The lowest BCUT2D eigenvalue weighted by Crippen LogP contribution is -2.32. The lowest BCUT2D eigenvalue weighted by atomic mass is 10.0. The molecule has 0 spiro atoms. The fourth-order valence-corrected chi connectivity index (χ4v) is 4.49. The summed E-state index contributed by atoms with van der Waals surface area (Å²) < 4.78 is 27.4. The molecule has 0 saturated carbocycles. The molecule has 3 aromatic rings. The second-order valence-corrected chi connectivity index (χ2v) is 9.12. The van der Waals surface area contributed by atoms with Crippen LogP contribution in [0.15, 0.2) is 83.8 Å². The number of para-hydroxylation sites is 1. The predicted molar refractivity (Wildman–Crippen MR) is 120 cm³/mol. The Kier molecular flexibility index (Phi) is 6.57. The molecule has 30 heavy (non-hydrogen) atoms. The van der Waals surface area contributed by atoms with Gasteiger partial charge in [-0.25, -0.2) is 8.42 Å². The van der Waals surface area contributed by atoms with Crippen LogP contribution >= 0.6 is 0 Å². The number of hydrogen-bond acceptors (Lipinski definition) is 3. The van der Waals surface area contributed by atoms with Crippen LogP contribution in [0.2, 0.25) is 0 Å². The van der Waals surface area contributed by atoms with Gasteiger partial charge in [0.2, 0.25) is 0 Å². The van der Waals surface area contributed by atoms with E-state index < -0.39 is 10.0 Å². The van der Waals surface area contributed by atoms with E-state index in [2.05, 4.69) is 5.32 Å². The van der Waals surface area contributed by atoms with Crippen molar-refractivity contribution in [3.05, 3.63) is 95.6 Å². The SMILES string of the molecule is CCC(NC(=O)c1ccccc1N(C)S(=O)(=O)c1ccc(C)cc1)c1ccccc1. The molecule has 1 N–H and O–H groups in total. The van der Waals surface area contributed by atoms with Gasteiger partial charge in [-0.05, 0) is 43.2 Å². The van der Waals surface area contributed by atoms with Crippen molar-refractivity contribution in [2.24, 2.45) is 0 Å². The van der Waals surface area contributed by atoms with Crippen molar-refractivity contribution in [1.82, 2.24) is 5.32 Å². The Hall–Kier alpha value is -3.12. The van der Waals surface area contributed by atoms with Gasteiger partial charge < -0.3 is 5.32 Å². The summed E-state index contributed by atoms with van der Waals surface area (Å²) in [6, 6.07) is 23.0. The summed E-state index contributed by atoms with van der Waals surface area (Å²) in [5.74, 6) is -0.313. The zero-order valence-electron chi connectivity index (χ0n) is 17.4. The van der Waals surface area contributed by atoms with Crippen LogP contribution in [-0.2, 0) is 10.0 Å². The summed E-state index contributed by atoms with van der Waals surface area (Å²) in [4.78, 5) is 13.3. The monoisotopic (exact) mass is 422 g/mol. The van der Waals surface area contributed by atoms with Crippen molar-refractivity contribution in [1.29, 1.82) is 0 Å². The first kappa shape index (κ1) is 21.6. The lowest BCUT2D eigenvalue weighted by Gasteiger charge is -2.23. The molecule has 1 unspecified atom stereocenters. The molecule has 0 saturated heterocycles. The second kappa shape index (κ2) is 9.13. The van der Waals surface area contributed by atoms with Gasteiger partial charge in [0, 0.05) is 7.05 Å². The van der Waals surface area contributed by atoms with E-state index in [1.54, 1.807) is 48.5 Å². The zero-order chi connectivity index (χ0) is 21.7. The van der Waals surface area contributed by atoms with Gasteiger partial charge in [-0.1, -0.05) is 67.1 Å². The summed E-state index contributed by atoms with van der Waals surface area (Å²) in [5, 5.41) is 3.03. The third-order valence-electron chi connectivity index (χ3n) is 5.08. The molecule has 0 aliphatic rings. The fraction of sp³-hybridized carbons (Fsp3) is 0.208. The normalized spacial score (nSPS) is 12.2. The first-order chi connectivity index (χ1) is 14.3. The van der Waals surface area contributed by atoms with Crippen LogP contribution in [0.4, 0.5) is 5.69 Å². The van der Waals surface area contributed by atoms with Gasteiger partial charge in [0.1, 0.15) is 0 Å². The number of hydrogen-bond donors (Lipinski definition) is 1. The van der Waals surface area contributed by atoms with E-state index in [1.807, 2.05) is 44.2 Å². The Morgan fingerprint density at radius 3 is 2.17 bits per heavy atom. The number of nitrogens with zero attached hydrogens (tertiary/aromatic N) is 1. The topological polar surface area (TPSA) is 66.5 Å². The third-order valence-corrected chi connectivity index (χ3v) is 6.87. The summed E-state index contributed by atoms with van der Waals surface area (Å²) in [7, 11) is -2.33. The molecule has 1 amide bonds. The number of aryl methyl sites for hydroxylation is 1. The van der Waals surface area contributed by atoms with E-state index in [9.17, 15) is 13.2 Å². The van der Waals surface area contributed by atoms with Crippen LogP contribution in [0.1, 0.15) is 40.9 Å². The highest BCUT2D eigenvalue weighted by Gasteiger charge is 2.25. The first-order valence-electron chi connectivity index (χ1n) is 9.85. The van der Waals surface area contributed by atoms with Crippen molar-refractivity contribution in [2.75, 3.05) is 11.4 Å². The molecule has 0 heterocycles. The third kappa shape index (κ3) is 4.54. The van der Waals surface area contributed by atoms with Crippen molar-refractivity contribution < 1.29 is 13.2 Å². The largest absolute Gasteiger partial charge is 0.345 e. The molecule has 5 nitrogen and oxygen atoms in total. The number of amides is 1. The summed E-state index contributed by atoms with van der Waals surface area (Å²) in [5.41, 5.74) is 2.62. The standard InChI is InChI=1S/C24H26N2O3S/c1-4-22(19-10-6-5-7-11-19)25-24(27)21-12-8-9-13-23(21)26(3)30(28,29)20-16-14-18(2)15-17-20/h5-17,22H,4H2,1-3H3,(H,25,27). The van der Waals surface area contributed by atoms with E-state index in [4.69, 9.17) is 0 Å². The fourth-order valence-electron chi connectivity index (χ4n) is 3.28. The van der Waals surface area contributed by atoms with Gasteiger partial charge >= 0.3 is 0 Å². The molecule has 0 aliphatic heterocycles. The van der Waals surface area contributed by atoms with E-state index >= 15 is 0 Å². The Morgan fingerprint density at radius 2 is 1.53 bits per heavy atom. The smallest absolute Gasteiger partial charge is 0.264 e. The molecule has 6 heteroatoms. The molecule has 0 aliphatic carbocycles. The highest BCUT2D eigenvalue weighted by molar-refractivity contribution is 7.92. The number of nitrogens with one attached hydrogen (secondary N) is 1. The molecule has 3 rings (SSSR count).